The Balaban J connectivity index is 1.78. The van der Waals surface area contributed by atoms with Crippen LogP contribution in [0.2, 0.25) is 0 Å². The quantitative estimate of drug-likeness (QED) is 0.470. The summed E-state index contributed by atoms with van der Waals surface area (Å²) in [5.41, 5.74) is -2.23. The molecule has 4 aromatic rings. The number of halogens is 2. The molecule has 2 atom stereocenters. The fourth-order valence-electron chi connectivity index (χ4n) is 3.55. The lowest BCUT2D eigenvalue weighted by Crippen LogP contribution is -2.44. The average Bonchev–Trinajstić information content (AvgIpc) is 3.42. The molecule has 2 heterocycles. The topological polar surface area (TPSA) is 100.0 Å². The number of rotatable bonds is 7. The summed E-state index contributed by atoms with van der Waals surface area (Å²) in [6.07, 6.45) is 3.91. The van der Waals surface area contributed by atoms with Crippen molar-refractivity contribution in [2.24, 2.45) is 0 Å². The van der Waals surface area contributed by atoms with Gasteiger partial charge in [-0.1, -0.05) is 6.07 Å². The molecule has 32 heavy (non-hydrogen) atoms. The molecule has 0 fully saturated rings. The highest BCUT2D eigenvalue weighted by atomic mass is 19.1. The van der Waals surface area contributed by atoms with E-state index < -0.39 is 29.0 Å². The molecule has 0 aliphatic heterocycles. The molecule has 0 spiro atoms. The summed E-state index contributed by atoms with van der Waals surface area (Å²) in [6, 6.07) is 8.54. The molecule has 1 N–H and O–H groups in total. The van der Waals surface area contributed by atoms with Gasteiger partial charge < -0.3 is 9.84 Å². The molecule has 9 nitrogen and oxygen atoms in total. The molecule has 0 aliphatic rings. The molecule has 0 radical (unpaired) electrons. The normalized spacial score (nSPS) is 14.2. The smallest absolute Gasteiger partial charge is 0.350 e. The number of methoxy groups -OCH3 is 1. The Morgan fingerprint density at radius 1 is 1.12 bits per heavy atom. The summed E-state index contributed by atoms with van der Waals surface area (Å²) in [5.74, 6) is -1.12. The van der Waals surface area contributed by atoms with E-state index in [2.05, 4.69) is 15.2 Å². The number of hydrogen-bond donors (Lipinski definition) is 1. The lowest BCUT2D eigenvalue weighted by atomic mass is 9.86. The van der Waals surface area contributed by atoms with Gasteiger partial charge in [0.1, 0.15) is 42.0 Å². The third-order valence-corrected chi connectivity index (χ3v) is 5.37. The number of aromatic nitrogens is 6. The van der Waals surface area contributed by atoms with Crippen LogP contribution >= 0.6 is 0 Å². The maximum atomic E-state index is 14.7. The van der Waals surface area contributed by atoms with Crippen LogP contribution in [0.4, 0.5) is 8.78 Å². The van der Waals surface area contributed by atoms with Crippen LogP contribution in [0.1, 0.15) is 18.5 Å². The van der Waals surface area contributed by atoms with E-state index in [-0.39, 0.29) is 12.1 Å². The zero-order chi connectivity index (χ0) is 22.9. The van der Waals surface area contributed by atoms with Crippen molar-refractivity contribution in [2.75, 3.05) is 7.11 Å². The zero-order valence-corrected chi connectivity index (χ0v) is 17.3. The van der Waals surface area contributed by atoms with Crippen LogP contribution in [0.5, 0.6) is 5.75 Å². The molecule has 2 aromatic heterocycles. The largest absolute Gasteiger partial charge is 0.497 e. The summed E-state index contributed by atoms with van der Waals surface area (Å²) >= 11 is 0. The van der Waals surface area contributed by atoms with Crippen LogP contribution in [0, 0.1) is 11.6 Å². The minimum Gasteiger partial charge on any atom is -0.497 e. The van der Waals surface area contributed by atoms with Crippen molar-refractivity contribution in [1.82, 2.24) is 29.1 Å². The second-order valence-electron chi connectivity index (χ2n) is 7.24. The highest BCUT2D eigenvalue weighted by molar-refractivity contribution is 5.37. The van der Waals surface area contributed by atoms with E-state index in [1.807, 2.05) is 0 Å². The van der Waals surface area contributed by atoms with E-state index in [4.69, 9.17) is 4.74 Å². The van der Waals surface area contributed by atoms with E-state index in [0.717, 1.165) is 16.8 Å². The minimum atomic E-state index is -2.01. The fourth-order valence-corrected chi connectivity index (χ4v) is 3.55. The van der Waals surface area contributed by atoms with E-state index in [0.29, 0.717) is 17.5 Å². The van der Waals surface area contributed by atoms with E-state index in [1.54, 1.807) is 24.3 Å². The molecular formula is C21H20F2N6O3. The Bertz CT molecular complexity index is 1270. The zero-order valence-electron chi connectivity index (χ0n) is 17.3. The van der Waals surface area contributed by atoms with Gasteiger partial charge in [-0.3, -0.25) is 0 Å². The summed E-state index contributed by atoms with van der Waals surface area (Å²) in [4.78, 5) is 16.9. The lowest BCUT2D eigenvalue weighted by molar-refractivity contribution is -0.0381. The van der Waals surface area contributed by atoms with Gasteiger partial charge in [0.15, 0.2) is 0 Å². The van der Waals surface area contributed by atoms with Gasteiger partial charge >= 0.3 is 5.69 Å². The van der Waals surface area contributed by atoms with Crippen molar-refractivity contribution < 1.29 is 18.6 Å². The summed E-state index contributed by atoms with van der Waals surface area (Å²) in [5, 5.41) is 19.7. The SMILES string of the molecule is COc1ccc(-n2cnn([C@H](C)[C@](O)(Cn3cncn3)c3ccc(F)cc3F)c2=O)cc1. The summed E-state index contributed by atoms with van der Waals surface area (Å²) in [6.45, 7) is 1.27. The second kappa shape index (κ2) is 8.35. The number of hydrogen-bond acceptors (Lipinski definition) is 6. The molecule has 11 heteroatoms. The predicted octanol–water partition coefficient (Wildman–Crippen LogP) is 2.06. The first-order valence-corrected chi connectivity index (χ1v) is 9.64. The van der Waals surface area contributed by atoms with Gasteiger partial charge in [-0.15, -0.1) is 0 Å². The molecule has 0 saturated carbocycles. The first-order valence-electron chi connectivity index (χ1n) is 9.64. The number of nitrogens with zero attached hydrogens (tertiary/aromatic N) is 6. The second-order valence-corrected chi connectivity index (χ2v) is 7.24. The van der Waals surface area contributed by atoms with Crippen LogP contribution in [-0.4, -0.2) is 41.3 Å². The monoisotopic (exact) mass is 442 g/mol. The Hall–Kier alpha value is -3.86. The van der Waals surface area contributed by atoms with Crippen LogP contribution in [0.3, 0.4) is 0 Å². The standard InChI is InChI=1S/C21H20F2N6O3/c1-14(29-20(30)28(13-26-29)16-4-6-17(32-2)7-5-16)21(31,10-27-12-24-11-25-27)18-8-3-15(22)9-19(18)23/h3-9,11-14,31H,10H2,1-2H3/t14-,21-/m1/s1. The average molecular weight is 442 g/mol. The molecule has 4 rings (SSSR count). The van der Waals surface area contributed by atoms with Gasteiger partial charge in [-0.2, -0.15) is 10.2 Å². The molecule has 2 aromatic carbocycles. The Labute approximate surface area is 181 Å². The molecular weight excluding hydrogens is 422 g/mol. The van der Waals surface area contributed by atoms with Crippen LogP contribution in [0.15, 0.2) is 66.2 Å². The highest BCUT2D eigenvalue weighted by Crippen LogP contribution is 2.35. The molecule has 166 valence electrons. The Morgan fingerprint density at radius 2 is 1.88 bits per heavy atom. The van der Waals surface area contributed by atoms with Crippen molar-refractivity contribution >= 4 is 0 Å². The van der Waals surface area contributed by atoms with Gasteiger partial charge in [0, 0.05) is 11.6 Å². The highest BCUT2D eigenvalue weighted by Gasteiger charge is 2.41. The van der Waals surface area contributed by atoms with Gasteiger partial charge in [0.25, 0.3) is 0 Å². The van der Waals surface area contributed by atoms with Gasteiger partial charge in [-0.05, 0) is 37.3 Å². The lowest BCUT2D eigenvalue weighted by Gasteiger charge is -2.34. The van der Waals surface area contributed by atoms with Gasteiger partial charge in [0.2, 0.25) is 0 Å². The molecule has 0 bridgehead atoms. The molecule has 0 unspecified atom stereocenters. The van der Waals surface area contributed by atoms with Crippen molar-refractivity contribution in [3.05, 3.63) is 89.1 Å². The van der Waals surface area contributed by atoms with E-state index in [9.17, 15) is 18.7 Å². The predicted molar refractivity (Wildman–Crippen MR) is 109 cm³/mol. The van der Waals surface area contributed by atoms with Crippen molar-refractivity contribution in [2.45, 2.75) is 25.1 Å². The van der Waals surface area contributed by atoms with Crippen LogP contribution in [-0.2, 0) is 12.1 Å². The number of benzene rings is 2. The van der Waals surface area contributed by atoms with Gasteiger partial charge in [-0.25, -0.2) is 32.5 Å². The van der Waals surface area contributed by atoms with Crippen LogP contribution < -0.4 is 10.4 Å². The van der Waals surface area contributed by atoms with Gasteiger partial charge in [0.05, 0.1) is 25.4 Å². The fraction of sp³-hybridized carbons (Fsp3) is 0.238. The summed E-state index contributed by atoms with van der Waals surface area (Å²) < 4.78 is 37.0. The van der Waals surface area contributed by atoms with E-state index in [1.165, 1.54) is 42.3 Å². The third-order valence-electron chi connectivity index (χ3n) is 5.37. The Morgan fingerprint density at radius 3 is 2.50 bits per heavy atom. The van der Waals surface area contributed by atoms with Crippen molar-refractivity contribution in [3.8, 4) is 11.4 Å². The van der Waals surface area contributed by atoms with Crippen molar-refractivity contribution in [1.29, 1.82) is 0 Å². The van der Waals surface area contributed by atoms with Crippen molar-refractivity contribution in [3.63, 3.8) is 0 Å². The first-order chi connectivity index (χ1) is 15.3. The van der Waals surface area contributed by atoms with Crippen LogP contribution in [0.25, 0.3) is 5.69 Å². The number of aliphatic hydroxyl groups is 1. The molecule has 0 aliphatic carbocycles. The Kier molecular flexibility index (Phi) is 5.57. The third kappa shape index (κ3) is 3.78. The maximum absolute atomic E-state index is 14.7. The number of ether oxygens (including phenoxy) is 1. The van der Waals surface area contributed by atoms with E-state index >= 15 is 0 Å². The maximum Gasteiger partial charge on any atom is 0.350 e. The molecule has 0 amide bonds. The first kappa shape index (κ1) is 21.4. The molecule has 0 saturated heterocycles. The minimum absolute atomic E-state index is 0.201. The summed E-state index contributed by atoms with van der Waals surface area (Å²) in [7, 11) is 1.53.